The summed E-state index contributed by atoms with van der Waals surface area (Å²) in [5.74, 6) is -0.706. The Hall–Kier alpha value is -0.470. The van der Waals surface area contributed by atoms with Crippen LogP contribution in [0.15, 0.2) is 0 Å². The van der Waals surface area contributed by atoms with Crippen LogP contribution in [0.5, 0.6) is 0 Å². The Balaban J connectivity index is 3.95. The number of carbonyl (C=O) groups is 1. The SMILES string of the molecule is O=COCCS(=O)(=O)S(=O)[O-]. The Morgan fingerprint density at radius 2 is 2.09 bits per heavy atom. The summed E-state index contributed by atoms with van der Waals surface area (Å²) in [5.41, 5.74) is 0. The van der Waals surface area contributed by atoms with E-state index in [2.05, 4.69) is 4.74 Å². The van der Waals surface area contributed by atoms with Gasteiger partial charge in [-0.1, -0.05) is 0 Å². The fraction of sp³-hybridized carbons (Fsp3) is 0.667. The highest BCUT2D eigenvalue weighted by atomic mass is 33.2. The molecule has 0 fully saturated rings. The van der Waals surface area contributed by atoms with Crippen molar-refractivity contribution < 1.29 is 26.7 Å². The normalized spacial score (nSPS) is 13.9. The molecule has 1 atom stereocenters. The second-order valence-electron chi connectivity index (χ2n) is 1.43. The Labute approximate surface area is 65.1 Å². The molecule has 66 valence electrons. The monoisotopic (exact) mass is 201 g/mol. The molecule has 0 aliphatic heterocycles. The lowest BCUT2D eigenvalue weighted by Gasteiger charge is -2.04. The molecule has 8 heteroatoms. The Morgan fingerprint density at radius 3 is 2.45 bits per heavy atom. The second-order valence-corrected chi connectivity index (χ2v) is 5.70. The van der Waals surface area contributed by atoms with Crippen LogP contribution in [0.1, 0.15) is 0 Å². The molecule has 0 N–H and O–H groups in total. The maximum Gasteiger partial charge on any atom is 0.293 e. The number of carbonyl (C=O) groups excluding carboxylic acids is 1. The maximum atomic E-state index is 10.4. The fourth-order valence-electron chi connectivity index (χ4n) is 0.266. The standard InChI is InChI=1S/C3H6O6S2/c4-3-9-1-2-11(7,8)10(5)6/h3H,1-2H2,(H,5,6)/p-1. The summed E-state index contributed by atoms with van der Waals surface area (Å²) in [4.78, 5) is 9.49. The van der Waals surface area contributed by atoms with Gasteiger partial charge in [-0.2, -0.15) is 0 Å². The highest BCUT2D eigenvalue weighted by molar-refractivity contribution is 8.61. The van der Waals surface area contributed by atoms with Crippen molar-refractivity contribution in [1.82, 2.24) is 0 Å². The molecule has 1 unspecified atom stereocenters. The van der Waals surface area contributed by atoms with Gasteiger partial charge in [0.05, 0.1) is 15.9 Å². The summed E-state index contributed by atoms with van der Waals surface area (Å²) >= 11 is 0. The minimum absolute atomic E-state index is 0.0449. The molecule has 0 aliphatic carbocycles. The smallest absolute Gasteiger partial charge is 0.293 e. The maximum absolute atomic E-state index is 10.4. The van der Waals surface area contributed by atoms with Crippen molar-refractivity contribution in [2.75, 3.05) is 12.4 Å². The Bertz CT molecular complexity index is 241. The van der Waals surface area contributed by atoms with Crippen LogP contribution in [0.25, 0.3) is 0 Å². The molecule has 0 bridgehead atoms. The van der Waals surface area contributed by atoms with Crippen LogP contribution < -0.4 is 0 Å². The molecule has 0 aromatic carbocycles. The van der Waals surface area contributed by atoms with E-state index in [1.165, 1.54) is 0 Å². The van der Waals surface area contributed by atoms with Gasteiger partial charge in [-0.15, -0.1) is 0 Å². The average molecular weight is 201 g/mol. The summed E-state index contributed by atoms with van der Waals surface area (Å²) in [5, 5.41) is 0. The molecule has 0 saturated carbocycles. The topological polar surface area (TPSA) is 101 Å². The molecule has 6 nitrogen and oxygen atoms in total. The molecule has 0 saturated heterocycles. The molecule has 0 aromatic rings. The van der Waals surface area contributed by atoms with Gasteiger partial charge in [0.2, 0.25) is 8.87 Å². The third-order valence-electron chi connectivity index (χ3n) is 0.727. The van der Waals surface area contributed by atoms with E-state index in [9.17, 15) is 22.0 Å². The van der Waals surface area contributed by atoms with Crippen molar-refractivity contribution in [2.45, 2.75) is 0 Å². The summed E-state index contributed by atoms with van der Waals surface area (Å²) in [6.07, 6.45) is 0. The number of ether oxygens (including phenoxy) is 1. The molecular formula is C3H5O6S2-. The predicted molar refractivity (Wildman–Crippen MR) is 34.7 cm³/mol. The number of hydrogen-bond acceptors (Lipinski definition) is 6. The van der Waals surface area contributed by atoms with Gasteiger partial charge < -0.3 is 9.29 Å². The van der Waals surface area contributed by atoms with E-state index < -0.39 is 31.3 Å². The average Bonchev–Trinajstić information content (AvgIpc) is 1.88. The van der Waals surface area contributed by atoms with Gasteiger partial charge in [-0.25, -0.2) is 8.42 Å². The molecule has 0 spiro atoms. The van der Waals surface area contributed by atoms with Crippen LogP contribution in [0.2, 0.25) is 0 Å². The van der Waals surface area contributed by atoms with Crippen molar-refractivity contribution in [3.8, 4) is 0 Å². The predicted octanol–water partition coefficient (Wildman–Crippen LogP) is -1.63. The Morgan fingerprint density at radius 1 is 1.55 bits per heavy atom. The first-order valence-electron chi connectivity index (χ1n) is 2.38. The van der Waals surface area contributed by atoms with E-state index in [4.69, 9.17) is 0 Å². The van der Waals surface area contributed by atoms with E-state index in [1.807, 2.05) is 0 Å². The Kier molecular flexibility index (Phi) is 4.23. The van der Waals surface area contributed by atoms with Crippen LogP contribution in [-0.4, -0.2) is 36.0 Å². The fourth-order valence-corrected chi connectivity index (χ4v) is 1.32. The van der Waals surface area contributed by atoms with Gasteiger partial charge in [0, 0.05) is 0 Å². The lowest BCUT2D eigenvalue weighted by Crippen LogP contribution is -2.16. The van der Waals surface area contributed by atoms with E-state index >= 15 is 0 Å². The first-order chi connectivity index (χ1) is 5.00. The van der Waals surface area contributed by atoms with Crippen molar-refractivity contribution >= 4 is 25.5 Å². The number of hydrogen-bond donors (Lipinski definition) is 0. The molecule has 0 heterocycles. The van der Waals surface area contributed by atoms with Crippen LogP contribution in [0.4, 0.5) is 0 Å². The second kappa shape index (κ2) is 4.42. The van der Waals surface area contributed by atoms with E-state index in [0.29, 0.717) is 0 Å². The minimum Gasteiger partial charge on any atom is -0.760 e. The molecule has 11 heavy (non-hydrogen) atoms. The van der Waals surface area contributed by atoms with Crippen molar-refractivity contribution in [3.05, 3.63) is 0 Å². The third kappa shape index (κ3) is 4.06. The van der Waals surface area contributed by atoms with Gasteiger partial charge in [-0.3, -0.25) is 9.00 Å². The van der Waals surface area contributed by atoms with Crippen molar-refractivity contribution in [2.24, 2.45) is 0 Å². The van der Waals surface area contributed by atoms with Crippen molar-refractivity contribution in [1.29, 1.82) is 0 Å². The van der Waals surface area contributed by atoms with E-state index in [-0.39, 0.29) is 6.47 Å². The van der Waals surface area contributed by atoms with Crippen LogP contribution in [-0.2, 0) is 28.5 Å². The molecule has 0 rings (SSSR count). The van der Waals surface area contributed by atoms with Gasteiger partial charge >= 0.3 is 0 Å². The largest absolute Gasteiger partial charge is 0.760 e. The molecule has 0 aliphatic rings. The van der Waals surface area contributed by atoms with Gasteiger partial charge in [0.25, 0.3) is 6.47 Å². The first kappa shape index (κ1) is 10.5. The zero-order valence-electron chi connectivity index (χ0n) is 5.26. The molecule has 0 aromatic heterocycles. The molecular weight excluding hydrogens is 196 g/mol. The van der Waals surface area contributed by atoms with Crippen LogP contribution in [0, 0.1) is 0 Å². The highest BCUT2D eigenvalue weighted by Gasteiger charge is 2.10. The van der Waals surface area contributed by atoms with E-state index in [1.54, 1.807) is 0 Å². The van der Waals surface area contributed by atoms with Crippen molar-refractivity contribution in [3.63, 3.8) is 0 Å². The molecule has 0 radical (unpaired) electrons. The van der Waals surface area contributed by atoms with Crippen LogP contribution in [0.3, 0.4) is 0 Å². The summed E-state index contributed by atoms with van der Waals surface area (Å²) in [7, 11) is -7.29. The quantitative estimate of drug-likeness (QED) is 0.229. The zero-order valence-corrected chi connectivity index (χ0v) is 6.89. The number of rotatable bonds is 5. The third-order valence-corrected chi connectivity index (χ3v) is 3.55. The summed E-state index contributed by atoms with van der Waals surface area (Å²) in [6, 6.07) is 0. The van der Waals surface area contributed by atoms with E-state index in [0.717, 1.165) is 0 Å². The molecule has 0 amide bonds. The van der Waals surface area contributed by atoms with Crippen LogP contribution >= 0.6 is 0 Å². The summed E-state index contributed by atoms with van der Waals surface area (Å²) in [6.45, 7) is -0.400. The zero-order chi connectivity index (χ0) is 8.91. The minimum atomic E-state index is -4.14. The van der Waals surface area contributed by atoms with Gasteiger partial charge in [0.1, 0.15) is 6.61 Å². The van der Waals surface area contributed by atoms with Gasteiger partial charge in [-0.05, 0) is 0 Å². The first-order valence-corrected chi connectivity index (χ1v) is 5.63. The lowest BCUT2D eigenvalue weighted by molar-refractivity contribution is -0.128. The summed E-state index contributed by atoms with van der Waals surface area (Å²) < 4.78 is 44.5. The lowest BCUT2D eigenvalue weighted by atomic mass is 10.9. The highest BCUT2D eigenvalue weighted by Crippen LogP contribution is 1.93. The van der Waals surface area contributed by atoms with Gasteiger partial charge in [0.15, 0.2) is 0 Å².